The van der Waals surface area contributed by atoms with Crippen LogP contribution < -0.4 is 15.4 Å². The Labute approximate surface area is 123 Å². The molecule has 1 atom stereocenters. The molecule has 0 heterocycles. The predicted octanol–water partition coefficient (Wildman–Crippen LogP) is 2.46. The van der Waals surface area contributed by atoms with Crippen molar-refractivity contribution < 1.29 is 19.4 Å². The van der Waals surface area contributed by atoms with Crippen LogP contribution in [-0.2, 0) is 4.79 Å². The molecule has 0 bridgehead atoms. The van der Waals surface area contributed by atoms with Gasteiger partial charge in [0.15, 0.2) is 6.61 Å². The highest BCUT2D eigenvalue weighted by Gasteiger charge is 2.25. The van der Waals surface area contributed by atoms with Crippen molar-refractivity contribution in [1.29, 1.82) is 0 Å². The first-order valence-corrected chi connectivity index (χ1v) is 7.07. The number of amides is 2. The average Bonchev–Trinajstić information content (AvgIpc) is 2.35. The summed E-state index contributed by atoms with van der Waals surface area (Å²) in [7, 11) is 0. The number of para-hydroxylation sites is 2. The van der Waals surface area contributed by atoms with E-state index < -0.39 is 12.6 Å². The third-order valence-electron chi connectivity index (χ3n) is 3.70. The van der Waals surface area contributed by atoms with E-state index in [0.717, 1.165) is 12.8 Å². The summed E-state index contributed by atoms with van der Waals surface area (Å²) in [5, 5.41) is 14.2. The van der Waals surface area contributed by atoms with Gasteiger partial charge in [0.1, 0.15) is 5.75 Å². The Morgan fingerprint density at radius 3 is 2.71 bits per heavy atom. The van der Waals surface area contributed by atoms with Crippen LogP contribution in [0.2, 0.25) is 0 Å². The van der Waals surface area contributed by atoms with Gasteiger partial charge in [0.25, 0.3) is 0 Å². The van der Waals surface area contributed by atoms with Gasteiger partial charge in [-0.05, 0) is 37.8 Å². The number of hydrogen-bond donors (Lipinski definition) is 3. The van der Waals surface area contributed by atoms with Crippen LogP contribution in [0.4, 0.5) is 10.5 Å². The Bertz CT molecular complexity index is 514. The number of carbonyl (C=O) groups excluding carboxylic acids is 1. The lowest BCUT2D eigenvalue weighted by Gasteiger charge is -2.31. The topological polar surface area (TPSA) is 87.7 Å². The maximum absolute atomic E-state index is 12.0. The van der Waals surface area contributed by atoms with Gasteiger partial charge in [-0.25, -0.2) is 9.59 Å². The maximum Gasteiger partial charge on any atom is 0.341 e. The highest BCUT2D eigenvalue weighted by Crippen LogP contribution is 2.29. The number of hydrogen-bond acceptors (Lipinski definition) is 3. The molecule has 21 heavy (non-hydrogen) atoms. The zero-order valence-corrected chi connectivity index (χ0v) is 12.0. The molecule has 6 heteroatoms. The molecular formula is C15H20N2O4. The summed E-state index contributed by atoms with van der Waals surface area (Å²) >= 11 is 0. The SMILES string of the molecule is CC(NC(=O)Nc1ccccc1OCC(=O)O)C1CCC1. The minimum Gasteiger partial charge on any atom is -0.480 e. The second-order valence-corrected chi connectivity index (χ2v) is 5.26. The lowest BCUT2D eigenvalue weighted by atomic mass is 9.80. The Hall–Kier alpha value is -2.24. The number of benzene rings is 1. The molecule has 1 fully saturated rings. The fourth-order valence-corrected chi connectivity index (χ4v) is 2.26. The fraction of sp³-hybridized carbons (Fsp3) is 0.467. The number of ether oxygens (including phenoxy) is 1. The van der Waals surface area contributed by atoms with Crippen LogP contribution in [0.3, 0.4) is 0 Å². The lowest BCUT2D eigenvalue weighted by molar-refractivity contribution is -0.139. The predicted molar refractivity (Wildman–Crippen MR) is 78.5 cm³/mol. The number of anilines is 1. The number of rotatable bonds is 6. The van der Waals surface area contributed by atoms with E-state index in [1.807, 2.05) is 6.92 Å². The molecule has 1 saturated carbocycles. The standard InChI is InChI=1S/C15H20N2O4/c1-10(11-5-4-6-11)16-15(20)17-12-7-2-3-8-13(12)21-9-14(18)19/h2-3,7-8,10-11H,4-6,9H2,1H3,(H,18,19)(H2,16,17,20). The van der Waals surface area contributed by atoms with E-state index in [2.05, 4.69) is 10.6 Å². The first-order chi connectivity index (χ1) is 10.1. The third-order valence-corrected chi connectivity index (χ3v) is 3.70. The molecule has 1 aliphatic carbocycles. The zero-order valence-electron chi connectivity index (χ0n) is 12.0. The summed E-state index contributed by atoms with van der Waals surface area (Å²) in [6, 6.07) is 6.58. The smallest absolute Gasteiger partial charge is 0.341 e. The Balaban J connectivity index is 1.91. The largest absolute Gasteiger partial charge is 0.480 e. The van der Waals surface area contributed by atoms with E-state index in [-0.39, 0.29) is 12.1 Å². The minimum absolute atomic E-state index is 0.130. The second-order valence-electron chi connectivity index (χ2n) is 5.26. The molecule has 3 N–H and O–H groups in total. The quantitative estimate of drug-likeness (QED) is 0.751. The summed E-state index contributed by atoms with van der Waals surface area (Å²) in [4.78, 5) is 22.5. The highest BCUT2D eigenvalue weighted by molar-refractivity contribution is 5.91. The van der Waals surface area contributed by atoms with Gasteiger partial charge in [-0.2, -0.15) is 0 Å². The number of urea groups is 1. The van der Waals surface area contributed by atoms with E-state index in [1.165, 1.54) is 6.42 Å². The molecule has 6 nitrogen and oxygen atoms in total. The van der Waals surface area contributed by atoms with E-state index in [1.54, 1.807) is 24.3 Å². The second kappa shape index (κ2) is 6.97. The van der Waals surface area contributed by atoms with Gasteiger partial charge in [0.05, 0.1) is 5.69 Å². The molecule has 1 aliphatic rings. The first kappa shape index (κ1) is 15.2. The van der Waals surface area contributed by atoms with Crippen molar-refractivity contribution in [3.8, 4) is 5.75 Å². The number of carboxylic acids is 1. The first-order valence-electron chi connectivity index (χ1n) is 7.07. The van der Waals surface area contributed by atoms with Gasteiger partial charge >= 0.3 is 12.0 Å². The van der Waals surface area contributed by atoms with Crippen molar-refractivity contribution in [3.05, 3.63) is 24.3 Å². The molecule has 1 aromatic rings. The van der Waals surface area contributed by atoms with Crippen LogP contribution in [0.15, 0.2) is 24.3 Å². The number of aliphatic carboxylic acids is 1. The summed E-state index contributed by atoms with van der Waals surface area (Å²) in [5.41, 5.74) is 0.456. The zero-order chi connectivity index (χ0) is 15.2. The van der Waals surface area contributed by atoms with Crippen LogP contribution >= 0.6 is 0 Å². The van der Waals surface area contributed by atoms with Gasteiger partial charge < -0.3 is 20.5 Å². The normalized spacial score (nSPS) is 15.7. The van der Waals surface area contributed by atoms with Gasteiger partial charge in [-0.15, -0.1) is 0 Å². The summed E-state index contributed by atoms with van der Waals surface area (Å²) in [6.45, 7) is 1.55. The molecule has 2 amide bonds. The minimum atomic E-state index is -1.06. The number of nitrogens with one attached hydrogen (secondary N) is 2. The summed E-state index contributed by atoms with van der Waals surface area (Å²) in [5.74, 6) is -0.173. The Kier molecular flexibility index (Phi) is 5.03. The maximum atomic E-state index is 12.0. The van der Waals surface area contributed by atoms with Gasteiger partial charge in [-0.1, -0.05) is 18.6 Å². The number of carboxylic acid groups (broad SMARTS) is 1. The number of carbonyl (C=O) groups is 2. The Morgan fingerprint density at radius 2 is 2.10 bits per heavy atom. The molecule has 1 aromatic carbocycles. The van der Waals surface area contributed by atoms with Crippen molar-refractivity contribution in [2.45, 2.75) is 32.2 Å². The summed E-state index contributed by atoms with van der Waals surface area (Å²) < 4.78 is 5.14. The monoisotopic (exact) mass is 292 g/mol. The van der Waals surface area contributed by atoms with E-state index in [9.17, 15) is 9.59 Å². The fourth-order valence-electron chi connectivity index (χ4n) is 2.26. The van der Waals surface area contributed by atoms with E-state index in [4.69, 9.17) is 9.84 Å². The van der Waals surface area contributed by atoms with Gasteiger partial charge in [0.2, 0.25) is 0 Å². The third kappa shape index (κ3) is 4.37. The average molecular weight is 292 g/mol. The van der Waals surface area contributed by atoms with Crippen LogP contribution in [0.25, 0.3) is 0 Å². The van der Waals surface area contributed by atoms with Crippen molar-refractivity contribution in [2.75, 3.05) is 11.9 Å². The van der Waals surface area contributed by atoms with Crippen molar-refractivity contribution in [1.82, 2.24) is 5.32 Å². The molecule has 0 spiro atoms. The van der Waals surface area contributed by atoms with Crippen molar-refractivity contribution >= 4 is 17.7 Å². The highest BCUT2D eigenvalue weighted by atomic mass is 16.5. The van der Waals surface area contributed by atoms with Crippen LogP contribution in [0.5, 0.6) is 5.75 Å². The van der Waals surface area contributed by atoms with Gasteiger partial charge in [0, 0.05) is 6.04 Å². The molecule has 114 valence electrons. The molecule has 0 aliphatic heterocycles. The van der Waals surface area contributed by atoms with Crippen molar-refractivity contribution in [2.24, 2.45) is 5.92 Å². The molecule has 0 aromatic heterocycles. The molecule has 0 radical (unpaired) electrons. The molecule has 1 unspecified atom stereocenters. The summed E-state index contributed by atoms with van der Waals surface area (Å²) in [6.07, 6.45) is 3.53. The molecule has 2 rings (SSSR count). The molecular weight excluding hydrogens is 272 g/mol. The van der Waals surface area contributed by atoms with E-state index in [0.29, 0.717) is 17.4 Å². The van der Waals surface area contributed by atoms with E-state index >= 15 is 0 Å². The van der Waals surface area contributed by atoms with Crippen LogP contribution in [0.1, 0.15) is 26.2 Å². The van der Waals surface area contributed by atoms with Crippen LogP contribution in [-0.4, -0.2) is 29.8 Å². The Morgan fingerprint density at radius 1 is 1.38 bits per heavy atom. The van der Waals surface area contributed by atoms with Gasteiger partial charge in [-0.3, -0.25) is 0 Å². The van der Waals surface area contributed by atoms with Crippen LogP contribution in [0, 0.1) is 5.92 Å². The molecule has 0 saturated heterocycles. The lowest BCUT2D eigenvalue weighted by Crippen LogP contribution is -2.42. The van der Waals surface area contributed by atoms with Crippen molar-refractivity contribution in [3.63, 3.8) is 0 Å².